The Morgan fingerprint density at radius 3 is 2.65 bits per heavy atom. The Bertz CT molecular complexity index is 584. The molecule has 20 heavy (non-hydrogen) atoms. The first kappa shape index (κ1) is 15.1. The highest BCUT2D eigenvalue weighted by Gasteiger charge is 2.16. The van der Waals surface area contributed by atoms with E-state index in [2.05, 4.69) is 10.2 Å². The molecule has 0 aliphatic carbocycles. The van der Waals surface area contributed by atoms with Crippen LogP contribution in [0.4, 0.5) is 5.13 Å². The molecule has 0 saturated heterocycles. The van der Waals surface area contributed by atoms with E-state index in [0.29, 0.717) is 0 Å². The summed E-state index contributed by atoms with van der Waals surface area (Å²) in [4.78, 5) is 3.00. The van der Waals surface area contributed by atoms with Gasteiger partial charge in [0.1, 0.15) is 5.75 Å². The van der Waals surface area contributed by atoms with Crippen LogP contribution in [0.25, 0.3) is 0 Å². The molecule has 0 radical (unpaired) electrons. The second-order valence-corrected chi connectivity index (χ2v) is 6.75. The summed E-state index contributed by atoms with van der Waals surface area (Å²) in [5.41, 5.74) is 7.07. The van der Waals surface area contributed by atoms with Crippen LogP contribution in [0, 0.1) is 0 Å². The van der Waals surface area contributed by atoms with E-state index in [4.69, 9.17) is 10.5 Å². The molecule has 1 unspecified atom stereocenters. The van der Waals surface area contributed by atoms with Crippen molar-refractivity contribution in [2.24, 2.45) is 5.73 Å². The van der Waals surface area contributed by atoms with Crippen LogP contribution in [0.2, 0.25) is 0 Å². The van der Waals surface area contributed by atoms with Crippen LogP contribution in [0.3, 0.4) is 0 Å². The average molecular weight is 310 g/mol. The number of hydrogen-bond acceptors (Lipinski definition) is 7. The number of benzene rings is 1. The highest BCUT2D eigenvalue weighted by molar-refractivity contribution is 8.01. The molecule has 0 saturated carbocycles. The number of ether oxygens (including phenoxy) is 1. The van der Waals surface area contributed by atoms with Crippen molar-refractivity contribution in [2.75, 3.05) is 26.1 Å². The molecule has 5 nitrogen and oxygen atoms in total. The van der Waals surface area contributed by atoms with Crippen molar-refractivity contribution in [1.29, 1.82) is 0 Å². The molecule has 7 heteroatoms. The monoisotopic (exact) mass is 310 g/mol. The number of methoxy groups -OCH3 is 1. The SMILES string of the molecule is COc1cccc(Sc2nnc(N(C)C)s2)c1C(C)N. The maximum Gasteiger partial charge on any atom is 0.208 e. The molecule has 0 aliphatic heterocycles. The number of hydrogen-bond donors (Lipinski definition) is 1. The van der Waals surface area contributed by atoms with Crippen molar-refractivity contribution in [1.82, 2.24) is 10.2 Å². The number of aromatic nitrogens is 2. The molecule has 0 spiro atoms. The van der Waals surface area contributed by atoms with Gasteiger partial charge >= 0.3 is 0 Å². The highest BCUT2D eigenvalue weighted by Crippen LogP contribution is 2.39. The van der Waals surface area contributed by atoms with Crippen molar-refractivity contribution < 1.29 is 4.74 Å². The molecule has 108 valence electrons. The van der Waals surface area contributed by atoms with Gasteiger partial charge in [0, 0.05) is 30.6 Å². The third-order valence-corrected chi connectivity index (χ3v) is 4.89. The molecule has 0 aliphatic rings. The van der Waals surface area contributed by atoms with Gasteiger partial charge in [0.25, 0.3) is 0 Å². The van der Waals surface area contributed by atoms with Crippen LogP contribution in [0.1, 0.15) is 18.5 Å². The van der Waals surface area contributed by atoms with E-state index < -0.39 is 0 Å². The molecule has 1 heterocycles. The largest absolute Gasteiger partial charge is 0.496 e. The quantitative estimate of drug-likeness (QED) is 0.916. The first-order chi connectivity index (χ1) is 9.52. The van der Waals surface area contributed by atoms with E-state index in [0.717, 1.165) is 25.7 Å². The summed E-state index contributed by atoms with van der Waals surface area (Å²) in [6.07, 6.45) is 0. The fourth-order valence-electron chi connectivity index (χ4n) is 1.76. The lowest BCUT2D eigenvalue weighted by Gasteiger charge is -2.15. The fraction of sp³-hybridized carbons (Fsp3) is 0.385. The third kappa shape index (κ3) is 3.23. The lowest BCUT2D eigenvalue weighted by molar-refractivity contribution is 0.405. The molecular formula is C13H18N4OS2. The molecular weight excluding hydrogens is 292 g/mol. The van der Waals surface area contributed by atoms with Crippen molar-refractivity contribution in [3.05, 3.63) is 23.8 Å². The van der Waals surface area contributed by atoms with Crippen LogP contribution in [0.15, 0.2) is 27.4 Å². The van der Waals surface area contributed by atoms with E-state index in [1.54, 1.807) is 30.2 Å². The summed E-state index contributed by atoms with van der Waals surface area (Å²) in [7, 11) is 5.56. The van der Waals surface area contributed by atoms with Crippen LogP contribution < -0.4 is 15.4 Å². The number of nitrogens with two attached hydrogens (primary N) is 1. The minimum Gasteiger partial charge on any atom is -0.496 e. The topological polar surface area (TPSA) is 64.3 Å². The molecule has 2 N–H and O–H groups in total. The fourth-order valence-corrected chi connectivity index (χ4v) is 3.73. The van der Waals surface area contributed by atoms with Gasteiger partial charge in [-0.3, -0.25) is 0 Å². The van der Waals surface area contributed by atoms with Gasteiger partial charge < -0.3 is 15.4 Å². The molecule has 0 fully saturated rings. The summed E-state index contributed by atoms with van der Waals surface area (Å²) in [6, 6.07) is 5.81. The second kappa shape index (κ2) is 6.43. The van der Waals surface area contributed by atoms with E-state index in [1.807, 2.05) is 44.1 Å². The zero-order chi connectivity index (χ0) is 14.7. The Balaban J connectivity index is 2.32. The van der Waals surface area contributed by atoms with Gasteiger partial charge in [-0.25, -0.2) is 0 Å². The van der Waals surface area contributed by atoms with Crippen molar-refractivity contribution in [3.63, 3.8) is 0 Å². The Labute approximate surface area is 127 Å². The normalized spacial score (nSPS) is 12.2. The Morgan fingerprint density at radius 1 is 1.35 bits per heavy atom. The summed E-state index contributed by atoms with van der Waals surface area (Å²) in [5, 5.41) is 9.22. The Hall–Kier alpha value is -1.31. The number of rotatable bonds is 5. The van der Waals surface area contributed by atoms with Gasteiger partial charge in [-0.2, -0.15) is 0 Å². The van der Waals surface area contributed by atoms with Crippen LogP contribution >= 0.6 is 23.1 Å². The van der Waals surface area contributed by atoms with Gasteiger partial charge in [0.2, 0.25) is 5.13 Å². The summed E-state index contributed by atoms with van der Waals surface area (Å²) in [6.45, 7) is 1.95. The van der Waals surface area contributed by atoms with Gasteiger partial charge in [-0.05, 0) is 19.1 Å². The van der Waals surface area contributed by atoms with Gasteiger partial charge in [-0.1, -0.05) is 29.2 Å². The third-order valence-electron chi connectivity index (χ3n) is 2.68. The minimum absolute atomic E-state index is 0.102. The maximum atomic E-state index is 6.06. The van der Waals surface area contributed by atoms with E-state index in [9.17, 15) is 0 Å². The molecule has 0 amide bonds. The zero-order valence-electron chi connectivity index (χ0n) is 12.0. The van der Waals surface area contributed by atoms with E-state index >= 15 is 0 Å². The molecule has 2 aromatic rings. The predicted molar refractivity (Wildman–Crippen MR) is 84.0 cm³/mol. The van der Waals surface area contributed by atoms with E-state index in [-0.39, 0.29) is 6.04 Å². The lowest BCUT2D eigenvalue weighted by Crippen LogP contribution is -2.08. The van der Waals surface area contributed by atoms with Gasteiger partial charge in [0.15, 0.2) is 4.34 Å². The Kier molecular flexibility index (Phi) is 4.85. The minimum atomic E-state index is -0.102. The zero-order valence-corrected chi connectivity index (χ0v) is 13.6. The van der Waals surface area contributed by atoms with Crippen LogP contribution in [-0.2, 0) is 0 Å². The molecule has 1 atom stereocenters. The maximum absolute atomic E-state index is 6.06. The summed E-state index contributed by atoms with van der Waals surface area (Å²) < 4.78 is 6.29. The van der Waals surface area contributed by atoms with Crippen LogP contribution in [-0.4, -0.2) is 31.4 Å². The molecule has 1 aromatic carbocycles. The average Bonchev–Trinajstić information content (AvgIpc) is 2.86. The van der Waals surface area contributed by atoms with Crippen molar-refractivity contribution >= 4 is 28.2 Å². The lowest BCUT2D eigenvalue weighted by atomic mass is 10.1. The smallest absolute Gasteiger partial charge is 0.208 e. The van der Waals surface area contributed by atoms with Gasteiger partial charge in [-0.15, -0.1) is 10.2 Å². The molecule has 0 bridgehead atoms. The predicted octanol–water partition coefficient (Wildman–Crippen LogP) is 2.78. The van der Waals surface area contributed by atoms with Gasteiger partial charge in [0.05, 0.1) is 7.11 Å². The number of anilines is 1. The van der Waals surface area contributed by atoms with Crippen LogP contribution in [0.5, 0.6) is 5.75 Å². The highest BCUT2D eigenvalue weighted by atomic mass is 32.2. The van der Waals surface area contributed by atoms with Crippen molar-refractivity contribution in [2.45, 2.75) is 22.2 Å². The van der Waals surface area contributed by atoms with E-state index in [1.165, 1.54) is 0 Å². The molecule has 2 rings (SSSR count). The summed E-state index contributed by atoms with van der Waals surface area (Å²) >= 11 is 3.12. The summed E-state index contributed by atoms with van der Waals surface area (Å²) in [5.74, 6) is 0.808. The number of nitrogens with zero attached hydrogens (tertiary/aromatic N) is 3. The first-order valence-corrected chi connectivity index (χ1v) is 7.77. The standard InChI is InChI=1S/C13H18N4OS2/c1-8(14)11-9(18-4)6-5-7-10(11)19-13-16-15-12(20-13)17(2)3/h5-8H,14H2,1-4H3. The Morgan fingerprint density at radius 2 is 2.10 bits per heavy atom. The second-order valence-electron chi connectivity index (χ2n) is 4.51. The first-order valence-electron chi connectivity index (χ1n) is 6.14. The van der Waals surface area contributed by atoms with Crippen molar-refractivity contribution in [3.8, 4) is 5.75 Å². The molecule has 1 aromatic heterocycles.